The fourth-order valence-corrected chi connectivity index (χ4v) is 3.27. The monoisotopic (exact) mass is 323 g/mol. The molecule has 0 spiro atoms. The number of aliphatic hydroxyl groups excluding tert-OH is 1. The van der Waals surface area contributed by atoms with Crippen LogP contribution < -0.4 is 4.74 Å². The Kier molecular flexibility index (Phi) is 5.85. The van der Waals surface area contributed by atoms with E-state index in [-0.39, 0.29) is 12.6 Å². The van der Waals surface area contributed by atoms with E-state index in [2.05, 4.69) is 0 Å². The van der Waals surface area contributed by atoms with Crippen molar-refractivity contribution in [2.24, 2.45) is 0 Å². The van der Waals surface area contributed by atoms with Gasteiger partial charge in [0.2, 0.25) is 0 Å². The normalized spacial score (nSPS) is 24.5. The van der Waals surface area contributed by atoms with Gasteiger partial charge in [0, 0.05) is 25.1 Å². The number of piperidine rings is 1. The van der Waals surface area contributed by atoms with E-state index < -0.39 is 11.5 Å². The molecule has 0 saturated carbocycles. The number of nitrogens with zero attached hydrogens (tertiary/aromatic N) is 1. The molecule has 6 heteroatoms. The predicted octanol–water partition coefficient (Wildman–Crippen LogP) is 2.10. The average molecular weight is 323 g/mol. The molecular formula is C17H25NO5. The average Bonchev–Trinajstić information content (AvgIpc) is 2.55. The summed E-state index contributed by atoms with van der Waals surface area (Å²) in [5, 5.41) is 19.2. The molecule has 1 fully saturated rings. The van der Waals surface area contributed by atoms with Gasteiger partial charge in [-0.2, -0.15) is 0 Å². The summed E-state index contributed by atoms with van der Waals surface area (Å²) in [4.78, 5) is 12.7. The van der Waals surface area contributed by atoms with Crippen LogP contribution in [-0.4, -0.2) is 60.7 Å². The van der Waals surface area contributed by atoms with Gasteiger partial charge in [-0.3, -0.25) is 0 Å². The number of aliphatic hydroxyl groups is 1. The Balaban J connectivity index is 2.17. The third-order valence-electron chi connectivity index (χ3n) is 4.60. The van der Waals surface area contributed by atoms with Crippen molar-refractivity contribution in [3.05, 3.63) is 29.8 Å². The lowest BCUT2D eigenvalue weighted by molar-refractivity contribution is 0.0602. The smallest absolute Gasteiger partial charge is 0.407 e. The zero-order valence-electron chi connectivity index (χ0n) is 13.7. The summed E-state index contributed by atoms with van der Waals surface area (Å²) in [5.74, 6) is 0.737. The standard InChI is InChI=1S/C17H25NO5/c1-13-11-17(12-19,6-7-18(13)16(20)21)14-4-3-5-15(10-14)23-9-8-22-2/h3-5,10,13,19H,6-9,11-12H2,1-2H3,(H,20,21)/t13-,17-/m0/s1. The maximum absolute atomic E-state index is 11.2. The number of likely N-dealkylation sites (tertiary alicyclic amines) is 1. The van der Waals surface area contributed by atoms with Gasteiger partial charge in [-0.05, 0) is 37.5 Å². The van der Waals surface area contributed by atoms with E-state index >= 15 is 0 Å². The summed E-state index contributed by atoms with van der Waals surface area (Å²) in [5.41, 5.74) is 0.568. The minimum atomic E-state index is -0.902. The minimum absolute atomic E-state index is 0.00762. The first-order valence-corrected chi connectivity index (χ1v) is 7.85. The van der Waals surface area contributed by atoms with Crippen LogP contribution in [-0.2, 0) is 10.2 Å². The van der Waals surface area contributed by atoms with Crippen LogP contribution in [0.5, 0.6) is 5.75 Å². The first kappa shape index (κ1) is 17.6. The molecule has 1 saturated heterocycles. The molecule has 0 radical (unpaired) electrons. The zero-order chi connectivity index (χ0) is 16.9. The number of carbonyl (C=O) groups is 1. The second kappa shape index (κ2) is 7.66. The van der Waals surface area contributed by atoms with Crippen molar-refractivity contribution in [1.82, 2.24) is 4.90 Å². The van der Waals surface area contributed by atoms with Crippen molar-refractivity contribution in [2.75, 3.05) is 33.5 Å². The van der Waals surface area contributed by atoms with Crippen LogP contribution >= 0.6 is 0 Å². The molecule has 23 heavy (non-hydrogen) atoms. The van der Waals surface area contributed by atoms with Crippen molar-refractivity contribution in [3.63, 3.8) is 0 Å². The van der Waals surface area contributed by atoms with Crippen molar-refractivity contribution < 1.29 is 24.5 Å². The summed E-state index contributed by atoms with van der Waals surface area (Å²) < 4.78 is 10.6. The van der Waals surface area contributed by atoms with Gasteiger partial charge in [-0.25, -0.2) is 4.79 Å². The van der Waals surface area contributed by atoms with E-state index in [4.69, 9.17) is 9.47 Å². The maximum Gasteiger partial charge on any atom is 0.407 e. The van der Waals surface area contributed by atoms with Gasteiger partial charge >= 0.3 is 6.09 Å². The third-order valence-corrected chi connectivity index (χ3v) is 4.60. The molecule has 0 unspecified atom stereocenters. The number of ether oxygens (including phenoxy) is 2. The SMILES string of the molecule is COCCOc1cccc([C@@]2(CO)CCN(C(=O)O)[C@@H](C)C2)c1. The molecule has 1 aromatic carbocycles. The Hall–Kier alpha value is -1.79. The van der Waals surface area contributed by atoms with Gasteiger partial charge in [-0.1, -0.05) is 12.1 Å². The fourth-order valence-electron chi connectivity index (χ4n) is 3.27. The van der Waals surface area contributed by atoms with E-state index in [0.717, 1.165) is 11.3 Å². The minimum Gasteiger partial charge on any atom is -0.491 e. The molecule has 0 aliphatic carbocycles. The molecule has 1 aliphatic heterocycles. The second-order valence-corrected chi connectivity index (χ2v) is 6.09. The highest BCUT2D eigenvalue weighted by Crippen LogP contribution is 2.39. The Morgan fingerprint density at radius 1 is 1.43 bits per heavy atom. The highest BCUT2D eigenvalue weighted by atomic mass is 16.5. The summed E-state index contributed by atoms with van der Waals surface area (Å²) in [6.45, 7) is 3.28. The van der Waals surface area contributed by atoms with Crippen molar-refractivity contribution >= 4 is 6.09 Å². The van der Waals surface area contributed by atoms with E-state index in [1.165, 1.54) is 4.90 Å². The van der Waals surface area contributed by atoms with Crippen molar-refractivity contribution in [3.8, 4) is 5.75 Å². The van der Waals surface area contributed by atoms with E-state index in [1.54, 1.807) is 7.11 Å². The van der Waals surface area contributed by atoms with Gasteiger partial charge < -0.3 is 24.6 Å². The quantitative estimate of drug-likeness (QED) is 0.784. The third kappa shape index (κ3) is 3.95. The van der Waals surface area contributed by atoms with Gasteiger partial charge in [-0.15, -0.1) is 0 Å². The van der Waals surface area contributed by atoms with E-state index in [1.807, 2.05) is 31.2 Å². The lowest BCUT2D eigenvalue weighted by Gasteiger charge is -2.44. The fraction of sp³-hybridized carbons (Fsp3) is 0.588. The van der Waals surface area contributed by atoms with Gasteiger partial charge in [0.05, 0.1) is 13.2 Å². The lowest BCUT2D eigenvalue weighted by atomic mass is 9.71. The molecule has 2 rings (SSSR count). The number of hydrogen-bond donors (Lipinski definition) is 2. The molecule has 1 aliphatic rings. The van der Waals surface area contributed by atoms with Crippen molar-refractivity contribution in [2.45, 2.75) is 31.2 Å². The van der Waals surface area contributed by atoms with E-state index in [0.29, 0.717) is 32.6 Å². The molecule has 2 N–H and O–H groups in total. The van der Waals surface area contributed by atoms with Gasteiger partial charge in [0.25, 0.3) is 0 Å². The Morgan fingerprint density at radius 2 is 2.22 bits per heavy atom. The van der Waals surface area contributed by atoms with E-state index in [9.17, 15) is 15.0 Å². The number of rotatable bonds is 6. The molecule has 6 nitrogen and oxygen atoms in total. The number of benzene rings is 1. The predicted molar refractivity (Wildman–Crippen MR) is 86.0 cm³/mol. The van der Waals surface area contributed by atoms with Crippen LogP contribution in [0.1, 0.15) is 25.3 Å². The van der Waals surface area contributed by atoms with Crippen LogP contribution in [0.2, 0.25) is 0 Å². The number of amides is 1. The van der Waals surface area contributed by atoms with Crippen LogP contribution in [0.3, 0.4) is 0 Å². The summed E-state index contributed by atoms with van der Waals surface area (Å²) in [6.07, 6.45) is 0.291. The molecule has 0 bridgehead atoms. The summed E-state index contributed by atoms with van der Waals surface area (Å²) in [6, 6.07) is 7.56. The van der Waals surface area contributed by atoms with Crippen molar-refractivity contribution in [1.29, 1.82) is 0 Å². The highest BCUT2D eigenvalue weighted by Gasteiger charge is 2.40. The van der Waals surface area contributed by atoms with Crippen LogP contribution in [0, 0.1) is 0 Å². The molecule has 0 aromatic heterocycles. The topological polar surface area (TPSA) is 79.2 Å². The Labute approximate surface area is 136 Å². The number of methoxy groups -OCH3 is 1. The van der Waals surface area contributed by atoms with Crippen LogP contribution in [0.15, 0.2) is 24.3 Å². The van der Waals surface area contributed by atoms with Gasteiger partial charge in [0.1, 0.15) is 12.4 Å². The molecule has 1 amide bonds. The maximum atomic E-state index is 11.2. The number of carboxylic acid groups (broad SMARTS) is 1. The zero-order valence-corrected chi connectivity index (χ0v) is 13.7. The first-order valence-electron chi connectivity index (χ1n) is 7.85. The Morgan fingerprint density at radius 3 is 2.83 bits per heavy atom. The number of hydrogen-bond acceptors (Lipinski definition) is 4. The van der Waals surface area contributed by atoms with Gasteiger partial charge in [0.15, 0.2) is 0 Å². The summed E-state index contributed by atoms with van der Waals surface area (Å²) >= 11 is 0. The molecule has 1 aromatic rings. The second-order valence-electron chi connectivity index (χ2n) is 6.09. The lowest BCUT2D eigenvalue weighted by Crippen LogP contribution is -2.51. The molecule has 2 atom stereocenters. The molecule has 1 heterocycles. The van der Waals surface area contributed by atoms with Crippen LogP contribution in [0.25, 0.3) is 0 Å². The molecule has 128 valence electrons. The highest BCUT2D eigenvalue weighted by molar-refractivity contribution is 5.65. The molecular weight excluding hydrogens is 298 g/mol. The summed E-state index contributed by atoms with van der Waals surface area (Å²) in [7, 11) is 1.62. The van der Waals surface area contributed by atoms with Crippen LogP contribution in [0.4, 0.5) is 4.79 Å². The first-order chi connectivity index (χ1) is 11.0. The largest absolute Gasteiger partial charge is 0.491 e. The Bertz CT molecular complexity index is 535.